The first kappa shape index (κ1) is 13.9. The van der Waals surface area contributed by atoms with E-state index in [1.165, 1.54) is 0 Å². The Bertz CT molecular complexity index is 599. The van der Waals surface area contributed by atoms with Gasteiger partial charge in [0.05, 0.1) is 24.9 Å². The zero-order chi connectivity index (χ0) is 14.4. The first-order valence-electron chi connectivity index (χ1n) is 6.33. The van der Waals surface area contributed by atoms with Gasteiger partial charge in [0.1, 0.15) is 5.75 Å². The molecule has 1 heterocycles. The number of carbonyl (C=O) groups excluding carboxylic acids is 1. The van der Waals surface area contributed by atoms with Crippen LogP contribution in [0.2, 0.25) is 0 Å². The lowest BCUT2D eigenvalue weighted by atomic mass is 10.3. The summed E-state index contributed by atoms with van der Waals surface area (Å²) in [5.74, 6) is 0.552. The van der Waals surface area contributed by atoms with Gasteiger partial charge >= 0.3 is 0 Å². The fourth-order valence-electron chi connectivity index (χ4n) is 1.71. The van der Waals surface area contributed by atoms with E-state index in [0.717, 1.165) is 5.56 Å². The van der Waals surface area contributed by atoms with Crippen LogP contribution in [0.3, 0.4) is 0 Å². The Kier molecular flexibility index (Phi) is 4.55. The number of aromatic nitrogens is 1. The van der Waals surface area contributed by atoms with E-state index in [1.807, 2.05) is 19.1 Å². The molecule has 0 radical (unpaired) electrons. The van der Waals surface area contributed by atoms with E-state index in [1.54, 1.807) is 30.6 Å². The number of nitrogens with two attached hydrogens (primary N) is 1. The molecule has 1 aromatic heterocycles. The third-order valence-electron chi connectivity index (χ3n) is 2.61. The molecule has 0 atom stereocenters. The van der Waals surface area contributed by atoms with Gasteiger partial charge in [-0.1, -0.05) is 6.07 Å². The number of ether oxygens (including phenoxy) is 1. The smallest absolute Gasteiger partial charge is 0.227 e. The quantitative estimate of drug-likeness (QED) is 0.818. The second kappa shape index (κ2) is 6.56. The number of hydrogen-bond acceptors (Lipinski definition) is 4. The van der Waals surface area contributed by atoms with Crippen LogP contribution in [0.4, 0.5) is 11.4 Å². The first-order valence-corrected chi connectivity index (χ1v) is 6.33. The highest BCUT2D eigenvalue weighted by molar-refractivity contribution is 5.90. The van der Waals surface area contributed by atoms with E-state index < -0.39 is 0 Å². The van der Waals surface area contributed by atoms with Gasteiger partial charge in [-0.15, -0.1) is 0 Å². The molecule has 1 aromatic carbocycles. The second-order valence-corrected chi connectivity index (χ2v) is 4.47. The lowest BCUT2D eigenvalue weighted by Gasteiger charge is -2.08. The lowest BCUT2D eigenvalue weighted by Crippen LogP contribution is -2.15. The fraction of sp³-hybridized carbons (Fsp3) is 0.200. The lowest BCUT2D eigenvalue weighted by molar-refractivity contribution is -0.116. The summed E-state index contributed by atoms with van der Waals surface area (Å²) in [7, 11) is 0. The van der Waals surface area contributed by atoms with E-state index in [4.69, 9.17) is 10.5 Å². The zero-order valence-electron chi connectivity index (χ0n) is 11.3. The van der Waals surface area contributed by atoms with Gasteiger partial charge in [-0.05, 0) is 30.7 Å². The molecule has 0 unspecified atom stereocenters. The third-order valence-corrected chi connectivity index (χ3v) is 2.61. The number of aryl methyl sites for hydroxylation is 1. The van der Waals surface area contributed by atoms with Gasteiger partial charge in [0.25, 0.3) is 0 Å². The van der Waals surface area contributed by atoms with Crippen molar-refractivity contribution in [2.45, 2.75) is 13.3 Å². The second-order valence-electron chi connectivity index (χ2n) is 4.47. The van der Waals surface area contributed by atoms with Crippen LogP contribution in [0.1, 0.15) is 12.0 Å². The van der Waals surface area contributed by atoms with E-state index in [-0.39, 0.29) is 12.3 Å². The molecule has 104 valence electrons. The molecule has 0 saturated carbocycles. The number of nitrogen functional groups attached to an aromatic ring is 1. The number of nitrogens with one attached hydrogen (secondary N) is 1. The number of hydrogen-bond donors (Lipinski definition) is 2. The molecular weight excluding hydrogens is 254 g/mol. The molecule has 1 amide bonds. The van der Waals surface area contributed by atoms with Crippen molar-refractivity contribution >= 4 is 17.3 Å². The molecule has 3 N–H and O–H groups in total. The average molecular weight is 271 g/mol. The van der Waals surface area contributed by atoms with Crippen molar-refractivity contribution < 1.29 is 9.53 Å². The summed E-state index contributed by atoms with van der Waals surface area (Å²) in [6.45, 7) is 2.22. The van der Waals surface area contributed by atoms with Crippen molar-refractivity contribution in [3.63, 3.8) is 0 Å². The van der Waals surface area contributed by atoms with Gasteiger partial charge in [0, 0.05) is 18.0 Å². The van der Waals surface area contributed by atoms with Gasteiger partial charge in [-0.25, -0.2) is 0 Å². The minimum Gasteiger partial charge on any atom is -0.493 e. The minimum absolute atomic E-state index is 0.110. The Morgan fingerprint density at radius 1 is 1.35 bits per heavy atom. The van der Waals surface area contributed by atoms with E-state index in [9.17, 15) is 4.79 Å². The van der Waals surface area contributed by atoms with E-state index >= 15 is 0 Å². The highest BCUT2D eigenvalue weighted by Gasteiger charge is 2.03. The van der Waals surface area contributed by atoms with Crippen LogP contribution in [-0.4, -0.2) is 17.5 Å². The maximum atomic E-state index is 11.7. The minimum atomic E-state index is -0.110. The topological polar surface area (TPSA) is 77.2 Å². The molecule has 0 aliphatic rings. The van der Waals surface area contributed by atoms with Crippen LogP contribution in [0.5, 0.6) is 5.75 Å². The largest absolute Gasteiger partial charge is 0.493 e. The van der Waals surface area contributed by atoms with Crippen molar-refractivity contribution in [2.24, 2.45) is 0 Å². The number of carbonyl (C=O) groups is 1. The molecular formula is C15H17N3O2. The molecule has 2 aromatic rings. The standard InChI is InChI=1S/C15H17N3O2/c1-11-7-13(10-17-9-11)18-15(19)5-6-20-14-4-2-3-12(16)8-14/h2-4,7-10H,5-6,16H2,1H3,(H,18,19). The van der Waals surface area contributed by atoms with Crippen LogP contribution in [0, 0.1) is 6.92 Å². The molecule has 0 saturated heterocycles. The normalized spacial score (nSPS) is 10.1. The summed E-state index contributed by atoms with van der Waals surface area (Å²) in [6.07, 6.45) is 3.62. The van der Waals surface area contributed by atoms with Crippen molar-refractivity contribution in [3.05, 3.63) is 48.3 Å². The molecule has 2 rings (SSSR count). The molecule has 0 aliphatic heterocycles. The molecule has 0 bridgehead atoms. The van der Waals surface area contributed by atoms with Crippen LogP contribution >= 0.6 is 0 Å². The van der Waals surface area contributed by atoms with Crippen molar-refractivity contribution in [1.29, 1.82) is 0 Å². The number of pyridine rings is 1. The van der Waals surface area contributed by atoms with E-state index in [2.05, 4.69) is 10.3 Å². The van der Waals surface area contributed by atoms with Crippen LogP contribution in [0.25, 0.3) is 0 Å². The fourth-order valence-corrected chi connectivity index (χ4v) is 1.71. The summed E-state index contributed by atoms with van der Waals surface area (Å²) in [4.78, 5) is 15.8. The number of nitrogens with zero attached hydrogens (tertiary/aromatic N) is 1. The summed E-state index contributed by atoms with van der Waals surface area (Å²) in [5, 5.41) is 2.77. The van der Waals surface area contributed by atoms with Crippen LogP contribution < -0.4 is 15.8 Å². The SMILES string of the molecule is Cc1cncc(NC(=O)CCOc2cccc(N)c2)c1. The van der Waals surface area contributed by atoms with Crippen molar-refractivity contribution in [3.8, 4) is 5.75 Å². The summed E-state index contributed by atoms with van der Waals surface area (Å²) >= 11 is 0. The molecule has 0 spiro atoms. The number of amides is 1. The predicted octanol–water partition coefficient (Wildman–Crippen LogP) is 2.38. The van der Waals surface area contributed by atoms with E-state index in [0.29, 0.717) is 23.7 Å². The van der Waals surface area contributed by atoms with Gasteiger partial charge in [0.2, 0.25) is 5.91 Å². The maximum Gasteiger partial charge on any atom is 0.227 e. The number of anilines is 2. The molecule has 0 aliphatic carbocycles. The van der Waals surface area contributed by atoms with Crippen molar-refractivity contribution in [1.82, 2.24) is 4.98 Å². The van der Waals surface area contributed by atoms with Crippen LogP contribution in [-0.2, 0) is 4.79 Å². The van der Waals surface area contributed by atoms with Gasteiger partial charge in [0.15, 0.2) is 0 Å². The number of benzene rings is 1. The maximum absolute atomic E-state index is 11.7. The molecule has 0 fully saturated rings. The highest BCUT2D eigenvalue weighted by atomic mass is 16.5. The summed E-state index contributed by atoms with van der Waals surface area (Å²) in [6, 6.07) is 8.98. The monoisotopic (exact) mass is 271 g/mol. The van der Waals surface area contributed by atoms with Gasteiger partial charge in [-0.3, -0.25) is 9.78 Å². The number of rotatable bonds is 5. The first-order chi connectivity index (χ1) is 9.63. The molecule has 20 heavy (non-hydrogen) atoms. The Hall–Kier alpha value is -2.56. The third kappa shape index (κ3) is 4.28. The highest BCUT2D eigenvalue weighted by Crippen LogP contribution is 2.14. The Morgan fingerprint density at radius 2 is 2.20 bits per heavy atom. The predicted molar refractivity (Wildman–Crippen MR) is 78.6 cm³/mol. The summed E-state index contributed by atoms with van der Waals surface area (Å²) < 4.78 is 5.46. The Morgan fingerprint density at radius 3 is 2.95 bits per heavy atom. The van der Waals surface area contributed by atoms with Gasteiger partial charge < -0.3 is 15.8 Å². The average Bonchev–Trinajstić information content (AvgIpc) is 2.38. The van der Waals surface area contributed by atoms with Crippen LogP contribution in [0.15, 0.2) is 42.7 Å². The molecule has 5 heteroatoms. The Labute approximate surface area is 117 Å². The zero-order valence-corrected chi connectivity index (χ0v) is 11.3. The molecule has 5 nitrogen and oxygen atoms in total. The van der Waals surface area contributed by atoms with Crippen molar-refractivity contribution in [2.75, 3.05) is 17.7 Å². The summed E-state index contributed by atoms with van der Waals surface area (Å²) in [5.41, 5.74) is 7.97. The Balaban J connectivity index is 1.78. The van der Waals surface area contributed by atoms with Gasteiger partial charge in [-0.2, -0.15) is 0 Å².